The van der Waals surface area contributed by atoms with E-state index in [2.05, 4.69) is 25.0 Å². The van der Waals surface area contributed by atoms with E-state index in [1.165, 1.54) is 51.4 Å². The minimum atomic E-state index is 0.137. The maximum absolute atomic E-state index is 13.3. The molecule has 4 aliphatic carbocycles. The Labute approximate surface area is 180 Å². The fourth-order valence-electron chi connectivity index (χ4n) is 8.60. The summed E-state index contributed by atoms with van der Waals surface area (Å²) in [5, 5.41) is 13.2. The van der Waals surface area contributed by atoms with Gasteiger partial charge in [-0.3, -0.25) is 9.48 Å². The highest BCUT2D eigenvalue weighted by molar-refractivity contribution is 5.82. The van der Waals surface area contributed by atoms with E-state index in [1.807, 2.05) is 0 Å². The summed E-state index contributed by atoms with van der Waals surface area (Å²) >= 11 is 0. The normalized spacial score (nSPS) is 45.1. The molecule has 5 rings (SSSR count). The SMILES string of the molecule is C[C@]12CC[C@H]3[C@@H](CCC4C[C@H](N)CC[C@@]43C)[C@@H]1CC[C@@H]2C(=O)Cn1cc(C#N)cn1. The van der Waals surface area contributed by atoms with Crippen molar-refractivity contribution in [2.24, 2.45) is 46.2 Å². The van der Waals surface area contributed by atoms with Gasteiger partial charge in [-0.1, -0.05) is 13.8 Å². The lowest BCUT2D eigenvalue weighted by Crippen LogP contribution is -2.55. The molecule has 0 aliphatic heterocycles. The van der Waals surface area contributed by atoms with Gasteiger partial charge in [0, 0.05) is 18.2 Å². The number of fused-ring (bicyclic) bond motifs is 5. The van der Waals surface area contributed by atoms with Crippen LogP contribution in [0.15, 0.2) is 12.4 Å². The average molecular weight is 409 g/mol. The van der Waals surface area contributed by atoms with Crippen LogP contribution < -0.4 is 5.73 Å². The number of nitriles is 1. The molecule has 0 saturated heterocycles. The summed E-state index contributed by atoms with van der Waals surface area (Å²) < 4.78 is 1.65. The Morgan fingerprint density at radius 3 is 2.70 bits per heavy atom. The van der Waals surface area contributed by atoms with Crippen molar-refractivity contribution < 1.29 is 4.79 Å². The van der Waals surface area contributed by atoms with Gasteiger partial charge in [0.15, 0.2) is 5.78 Å². The maximum Gasteiger partial charge on any atom is 0.157 e. The molecule has 5 nitrogen and oxygen atoms in total. The summed E-state index contributed by atoms with van der Waals surface area (Å²) in [6, 6.07) is 2.51. The number of Topliss-reactive ketones (excluding diaryl/α,β-unsaturated/α-hetero) is 1. The summed E-state index contributed by atoms with van der Waals surface area (Å²) in [6.07, 6.45) is 14.3. The molecule has 0 radical (unpaired) electrons. The third kappa shape index (κ3) is 2.98. The van der Waals surface area contributed by atoms with Crippen molar-refractivity contribution in [1.82, 2.24) is 9.78 Å². The minimum absolute atomic E-state index is 0.137. The Morgan fingerprint density at radius 1 is 1.17 bits per heavy atom. The van der Waals surface area contributed by atoms with E-state index >= 15 is 0 Å². The van der Waals surface area contributed by atoms with Crippen LogP contribution in [0.1, 0.15) is 77.2 Å². The molecule has 4 saturated carbocycles. The van der Waals surface area contributed by atoms with E-state index in [0.29, 0.717) is 35.3 Å². The first kappa shape index (κ1) is 20.2. The Bertz CT molecular complexity index is 871. The summed E-state index contributed by atoms with van der Waals surface area (Å²) in [7, 11) is 0. The Balaban J connectivity index is 1.34. The molecule has 2 N–H and O–H groups in total. The third-order valence-corrected chi connectivity index (χ3v) is 10.2. The number of hydrogen-bond acceptors (Lipinski definition) is 4. The highest BCUT2D eigenvalue weighted by Crippen LogP contribution is 2.67. The van der Waals surface area contributed by atoms with Crippen LogP contribution in [0.4, 0.5) is 0 Å². The zero-order valence-corrected chi connectivity index (χ0v) is 18.5. The van der Waals surface area contributed by atoms with Crippen molar-refractivity contribution in [1.29, 1.82) is 5.26 Å². The maximum atomic E-state index is 13.3. The van der Waals surface area contributed by atoms with Gasteiger partial charge < -0.3 is 5.73 Å². The van der Waals surface area contributed by atoms with Gasteiger partial charge in [0.05, 0.1) is 18.3 Å². The molecule has 1 aromatic rings. The van der Waals surface area contributed by atoms with Gasteiger partial charge >= 0.3 is 0 Å². The van der Waals surface area contributed by atoms with Crippen LogP contribution in [-0.4, -0.2) is 21.6 Å². The predicted molar refractivity (Wildman–Crippen MR) is 115 cm³/mol. The molecule has 1 aromatic heterocycles. The molecule has 162 valence electrons. The van der Waals surface area contributed by atoms with Crippen LogP contribution in [0.3, 0.4) is 0 Å². The largest absolute Gasteiger partial charge is 0.328 e. The lowest BCUT2D eigenvalue weighted by molar-refractivity contribution is -0.136. The summed E-state index contributed by atoms with van der Waals surface area (Å²) in [5.74, 6) is 3.55. The molecule has 0 bridgehead atoms. The van der Waals surface area contributed by atoms with Crippen LogP contribution in [0, 0.1) is 51.8 Å². The quantitative estimate of drug-likeness (QED) is 0.807. The topological polar surface area (TPSA) is 84.7 Å². The number of rotatable bonds is 3. The Kier molecular flexibility index (Phi) is 4.85. The number of hydrogen-bond donors (Lipinski definition) is 1. The molecule has 4 aliphatic rings. The number of aromatic nitrogens is 2. The average Bonchev–Trinajstić information content (AvgIpc) is 3.32. The highest BCUT2D eigenvalue weighted by atomic mass is 16.1. The first-order chi connectivity index (χ1) is 14.3. The minimum Gasteiger partial charge on any atom is -0.328 e. The van der Waals surface area contributed by atoms with E-state index in [4.69, 9.17) is 11.0 Å². The van der Waals surface area contributed by atoms with Crippen molar-refractivity contribution in [3.63, 3.8) is 0 Å². The van der Waals surface area contributed by atoms with Gasteiger partial charge in [0.2, 0.25) is 0 Å². The fourth-order valence-corrected chi connectivity index (χ4v) is 8.60. The number of carbonyl (C=O) groups is 1. The second-order valence-corrected chi connectivity index (χ2v) is 11.4. The van der Waals surface area contributed by atoms with E-state index in [9.17, 15) is 4.79 Å². The van der Waals surface area contributed by atoms with Crippen molar-refractivity contribution in [3.05, 3.63) is 18.0 Å². The van der Waals surface area contributed by atoms with E-state index in [0.717, 1.165) is 24.2 Å². The Hall–Kier alpha value is -1.67. The summed E-state index contributed by atoms with van der Waals surface area (Å²) in [5.41, 5.74) is 7.46. The van der Waals surface area contributed by atoms with Crippen molar-refractivity contribution in [2.45, 2.75) is 84.2 Å². The van der Waals surface area contributed by atoms with Crippen LogP contribution in [0.25, 0.3) is 0 Å². The number of carbonyl (C=O) groups excluding carboxylic acids is 1. The lowest BCUT2D eigenvalue weighted by Gasteiger charge is -2.61. The molecule has 0 amide bonds. The zero-order chi connectivity index (χ0) is 21.1. The molecule has 1 unspecified atom stereocenters. The fraction of sp³-hybridized carbons (Fsp3) is 0.800. The van der Waals surface area contributed by atoms with Crippen molar-refractivity contribution in [2.75, 3.05) is 0 Å². The van der Waals surface area contributed by atoms with E-state index in [-0.39, 0.29) is 11.3 Å². The number of ketones is 1. The van der Waals surface area contributed by atoms with Crippen LogP contribution in [0.5, 0.6) is 0 Å². The standard InChI is InChI=1S/C25H36N4O/c1-24-9-7-18(27)11-17(24)3-4-19-20-5-6-22(25(20,2)10-8-21(19)24)23(30)15-29-14-16(12-26)13-28-29/h13-14,17-22H,3-11,15,27H2,1-2H3/t17?,18-,19+,20+,21+,22-,24+,25+/m1/s1. The molecule has 5 heteroatoms. The third-order valence-electron chi connectivity index (χ3n) is 10.2. The molecule has 30 heavy (non-hydrogen) atoms. The molecular weight excluding hydrogens is 372 g/mol. The van der Waals surface area contributed by atoms with Crippen molar-refractivity contribution >= 4 is 5.78 Å². The van der Waals surface area contributed by atoms with Gasteiger partial charge in [0.25, 0.3) is 0 Å². The lowest BCUT2D eigenvalue weighted by atomic mass is 9.44. The molecule has 0 spiro atoms. The predicted octanol–water partition coefficient (Wildman–Crippen LogP) is 4.31. The van der Waals surface area contributed by atoms with Gasteiger partial charge in [-0.25, -0.2) is 0 Å². The van der Waals surface area contributed by atoms with Gasteiger partial charge in [0.1, 0.15) is 6.07 Å². The van der Waals surface area contributed by atoms with Crippen LogP contribution >= 0.6 is 0 Å². The Morgan fingerprint density at radius 2 is 1.93 bits per heavy atom. The van der Waals surface area contributed by atoms with Gasteiger partial charge in [-0.05, 0) is 92.3 Å². The molecule has 0 aromatic carbocycles. The second kappa shape index (κ2) is 7.19. The van der Waals surface area contributed by atoms with Crippen LogP contribution in [0.2, 0.25) is 0 Å². The molecule has 1 heterocycles. The molecule has 8 atom stereocenters. The van der Waals surface area contributed by atoms with E-state index < -0.39 is 0 Å². The monoisotopic (exact) mass is 408 g/mol. The molecular formula is C25H36N4O. The highest BCUT2D eigenvalue weighted by Gasteiger charge is 2.60. The van der Waals surface area contributed by atoms with Crippen molar-refractivity contribution in [3.8, 4) is 6.07 Å². The smallest absolute Gasteiger partial charge is 0.157 e. The van der Waals surface area contributed by atoms with Gasteiger partial charge in [-0.2, -0.15) is 10.4 Å². The first-order valence-electron chi connectivity index (χ1n) is 12.1. The van der Waals surface area contributed by atoms with Crippen LogP contribution in [-0.2, 0) is 11.3 Å². The number of nitrogens with two attached hydrogens (primary N) is 1. The number of nitrogens with zero attached hydrogens (tertiary/aromatic N) is 3. The zero-order valence-electron chi connectivity index (χ0n) is 18.5. The molecule has 4 fully saturated rings. The summed E-state index contributed by atoms with van der Waals surface area (Å²) in [6.45, 7) is 5.30. The second-order valence-electron chi connectivity index (χ2n) is 11.4. The van der Waals surface area contributed by atoms with Gasteiger partial charge in [-0.15, -0.1) is 0 Å². The van der Waals surface area contributed by atoms with E-state index in [1.54, 1.807) is 17.1 Å². The summed E-state index contributed by atoms with van der Waals surface area (Å²) in [4.78, 5) is 13.3. The first-order valence-corrected chi connectivity index (χ1v) is 12.1.